The maximum absolute atomic E-state index is 5.54. The van der Waals surface area contributed by atoms with E-state index in [4.69, 9.17) is 4.84 Å². The van der Waals surface area contributed by atoms with E-state index >= 15 is 0 Å². The molecule has 0 aliphatic carbocycles. The fourth-order valence-electron chi connectivity index (χ4n) is 1.32. The van der Waals surface area contributed by atoms with Crippen LogP contribution in [0.1, 0.15) is 6.92 Å². The molecule has 1 atom stereocenters. The topological polar surface area (TPSA) is 12.5 Å². The molecule has 14 heavy (non-hydrogen) atoms. The van der Waals surface area contributed by atoms with Gasteiger partial charge in [-0.2, -0.15) is 0 Å². The molecular formula is C11H13NOS. The first-order chi connectivity index (χ1) is 6.79. The highest BCUT2D eigenvalue weighted by atomic mass is 32.2. The monoisotopic (exact) mass is 207 g/mol. The van der Waals surface area contributed by atoms with Crippen molar-refractivity contribution in [2.75, 3.05) is 11.3 Å². The Balaban J connectivity index is 2.14. The maximum atomic E-state index is 5.54. The molecule has 2 rings (SSSR count). The molecular weight excluding hydrogens is 194 g/mol. The number of hydrogen-bond acceptors (Lipinski definition) is 3. The second kappa shape index (κ2) is 4.07. The zero-order valence-corrected chi connectivity index (χ0v) is 9.12. The van der Waals surface area contributed by atoms with E-state index in [0.717, 1.165) is 5.69 Å². The predicted octanol–water partition coefficient (Wildman–Crippen LogP) is 3.06. The molecule has 1 aliphatic rings. The molecule has 0 spiro atoms. The Morgan fingerprint density at radius 3 is 2.50 bits per heavy atom. The highest BCUT2D eigenvalue weighted by Gasteiger charge is 2.13. The Labute approximate surface area is 88.5 Å². The van der Waals surface area contributed by atoms with E-state index in [1.54, 1.807) is 16.8 Å². The van der Waals surface area contributed by atoms with Gasteiger partial charge in [0.2, 0.25) is 0 Å². The van der Waals surface area contributed by atoms with Crippen LogP contribution in [0.5, 0.6) is 0 Å². The third-order valence-electron chi connectivity index (χ3n) is 2.10. The molecule has 0 saturated heterocycles. The number of nitrogens with zero attached hydrogens (tertiary/aromatic N) is 1. The van der Waals surface area contributed by atoms with Crippen molar-refractivity contribution in [3.8, 4) is 0 Å². The summed E-state index contributed by atoms with van der Waals surface area (Å²) >= 11 is 1.74. The molecule has 1 heterocycles. The zero-order valence-electron chi connectivity index (χ0n) is 8.31. The van der Waals surface area contributed by atoms with Crippen LogP contribution in [0.2, 0.25) is 0 Å². The first-order valence-corrected chi connectivity index (χ1v) is 5.80. The van der Waals surface area contributed by atoms with Gasteiger partial charge in [-0.3, -0.25) is 4.84 Å². The van der Waals surface area contributed by atoms with E-state index in [-0.39, 0.29) is 6.10 Å². The Kier molecular flexibility index (Phi) is 2.79. The van der Waals surface area contributed by atoms with Gasteiger partial charge >= 0.3 is 0 Å². The summed E-state index contributed by atoms with van der Waals surface area (Å²) in [6.45, 7) is 2.02. The van der Waals surface area contributed by atoms with Gasteiger partial charge < -0.3 is 0 Å². The van der Waals surface area contributed by atoms with Gasteiger partial charge in [0.05, 0.1) is 5.69 Å². The van der Waals surface area contributed by atoms with Crippen molar-refractivity contribution in [3.05, 3.63) is 36.5 Å². The Morgan fingerprint density at radius 1 is 1.29 bits per heavy atom. The van der Waals surface area contributed by atoms with Crippen molar-refractivity contribution >= 4 is 17.4 Å². The Morgan fingerprint density at radius 2 is 2.00 bits per heavy atom. The summed E-state index contributed by atoms with van der Waals surface area (Å²) in [5.41, 5.74) is 1.07. The number of hydroxylamine groups is 1. The second-order valence-corrected chi connectivity index (χ2v) is 4.06. The minimum absolute atomic E-state index is 0.176. The van der Waals surface area contributed by atoms with E-state index < -0.39 is 0 Å². The van der Waals surface area contributed by atoms with Crippen molar-refractivity contribution in [2.45, 2.75) is 17.9 Å². The third kappa shape index (κ3) is 1.94. The molecule has 1 aliphatic heterocycles. The summed E-state index contributed by atoms with van der Waals surface area (Å²) in [5, 5.41) is 1.80. The molecule has 0 N–H and O–H groups in total. The zero-order chi connectivity index (χ0) is 9.97. The molecule has 0 amide bonds. The largest absolute Gasteiger partial charge is 0.262 e. The summed E-state index contributed by atoms with van der Waals surface area (Å²) in [4.78, 5) is 6.80. The summed E-state index contributed by atoms with van der Waals surface area (Å²) in [7, 11) is 0. The van der Waals surface area contributed by atoms with E-state index in [9.17, 15) is 0 Å². The minimum Gasteiger partial charge on any atom is -0.262 e. The van der Waals surface area contributed by atoms with Crippen LogP contribution in [0.4, 0.5) is 5.69 Å². The van der Waals surface area contributed by atoms with Gasteiger partial charge in [0.1, 0.15) is 6.10 Å². The molecule has 0 aromatic heterocycles. The summed E-state index contributed by atoms with van der Waals surface area (Å²) < 4.78 is 0. The average Bonchev–Trinajstić information content (AvgIpc) is 2.65. The van der Waals surface area contributed by atoms with E-state index in [1.807, 2.05) is 19.2 Å². The lowest BCUT2D eigenvalue weighted by molar-refractivity contribution is 0.115. The van der Waals surface area contributed by atoms with Crippen molar-refractivity contribution in [1.29, 1.82) is 0 Å². The molecule has 0 radical (unpaired) electrons. The van der Waals surface area contributed by atoms with Crippen LogP contribution in [0.15, 0.2) is 41.4 Å². The quantitative estimate of drug-likeness (QED) is 0.691. The Hall–Kier alpha value is -0.930. The normalized spacial score (nSPS) is 20.4. The van der Waals surface area contributed by atoms with E-state index in [1.165, 1.54) is 4.90 Å². The fraction of sp³-hybridized carbons (Fsp3) is 0.273. The molecule has 0 fully saturated rings. The number of benzene rings is 1. The van der Waals surface area contributed by atoms with Crippen LogP contribution in [0, 0.1) is 0 Å². The molecule has 74 valence electrons. The lowest BCUT2D eigenvalue weighted by Crippen LogP contribution is -2.14. The van der Waals surface area contributed by atoms with Crippen LogP contribution in [0.25, 0.3) is 0 Å². The number of hydrogen-bond donors (Lipinski definition) is 0. The number of anilines is 1. The molecule has 2 nitrogen and oxygen atoms in total. The number of rotatable bonds is 2. The summed E-state index contributed by atoms with van der Waals surface area (Å²) in [5.74, 6) is 0. The van der Waals surface area contributed by atoms with Gasteiger partial charge in [0.15, 0.2) is 0 Å². The lowest BCUT2D eigenvalue weighted by Gasteiger charge is -2.16. The summed E-state index contributed by atoms with van der Waals surface area (Å²) in [6.07, 6.45) is 6.24. The van der Waals surface area contributed by atoms with Gasteiger partial charge in [-0.15, -0.1) is 11.8 Å². The molecule has 1 aromatic rings. The second-order valence-electron chi connectivity index (χ2n) is 3.18. The van der Waals surface area contributed by atoms with Gasteiger partial charge in [0.25, 0.3) is 0 Å². The van der Waals surface area contributed by atoms with Crippen LogP contribution in [-0.2, 0) is 4.84 Å². The number of thioether (sulfide) groups is 1. The Bertz CT molecular complexity index is 334. The third-order valence-corrected chi connectivity index (χ3v) is 2.84. The van der Waals surface area contributed by atoms with Crippen LogP contribution in [-0.4, -0.2) is 12.4 Å². The van der Waals surface area contributed by atoms with Gasteiger partial charge in [-0.1, -0.05) is 0 Å². The molecule has 0 bridgehead atoms. The van der Waals surface area contributed by atoms with Gasteiger partial charge in [-0.05, 0) is 43.5 Å². The summed E-state index contributed by atoms with van der Waals surface area (Å²) in [6, 6.07) is 8.32. The highest BCUT2D eigenvalue weighted by Crippen LogP contribution is 2.23. The smallest absolute Gasteiger partial charge is 0.103 e. The molecule has 1 aromatic carbocycles. The van der Waals surface area contributed by atoms with Crippen LogP contribution >= 0.6 is 11.8 Å². The van der Waals surface area contributed by atoms with E-state index in [0.29, 0.717) is 0 Å². The first-order valence-electron chi connectivity index (χ1n) is 4.58. The van der Waals surface area contributed by atoms with Gasteiger partial charge in [0, 0.05) is 11.1 Å². The van der Waals surface area contributed by atoms with Gasteiger partial charge in [-0.25, -0.2) is 5.06 Å². The maximum Gasteiger partial charge on any atom is 0.103 e. The lowest BCUT2D eigenvalue weighted by atomic mass is 10.3. The average molecular weight is 207 g/mol. The van der Waals surface area contributed by atoms with Crippen molar-refractivity contribution in [2.24, 2.45) is 0 Å². The predicted molar refractivity (Wildman–Crippen MR) is 60.4 cm³/mol. The molecule has 3 heteroatoms. The van der Waals surface area contributed by atoms with Crippen molar-refractivity contribution in [1.82, 2.24) is 0 Å². The van der Waals surface area contributed by atoms with E-state index in [2.05, 4.69) is 30.5 Å². The van der Waals surface area contributed by atoms with Crippen molar-refractivity contribution < 1.29 is 4.84 Å². The van der Waals surface area contributed by atoms with Crippen molar-refractivity contribution in [3.63, 3.8) is 0 Å². The SMILES string of the molecule is CSc1ccc(N2C=CC(C)O2)cc1. The molecule has 0 saturated carbocycles. The molecule has 1 unspecified atom stereocenters. The standard InChI is InChI=1S/C11H13NOS/c1-9-7-8-12(13-9)10-3-5-11(14-2)6-4-10/h3-9H,1-2H3. The highest BCUT2D eigenvalue weighted by molar-refractivity contribution is 7.98. The van der Waals surface area contributed by atoms with Crippen LogP contribution in [0.3, 0.4) is 0 Å². The first kappa shape index (κ1) is 9.62. The van der Waals surface area contributed by atoms with Crippen LogP contribution < -0.4 is 5.06 Å². The fourth-order valence-corrected chi connectivity index (χ4v) is 1.73. The minimum atomic E-state index is 0.176.